The second kappa shape index (κ2) is 3.95. The Morgan fingerprint density at radius 3 is 2.85 bits per heavy atom. The van der Waals surface area contributed by atoms with Gasteiger partial charge in [-0.15, -0.1) is 0 Å². The van der Waals surface area contributed by atoms with Crippen molar-refractivity contribution in [3.05, 3.63) is 23.3 Å². The number of nitrogens with zero attached hydrogens (tertiary/aromatic N) is 2. The number of primary amides is 1. The van der Waals surface area contributed by atoms with E-state index in [4.69, 9.17) is 11.5 Å². The standard InChI is InChI=1S/C8H12N4O/c1-5-11-4-6(8(10)13)7(12-5)2-3-9/h4H,2-3,9H2,1H3,(H2,10,13). The highest BCUT2D eigenvalue weighted by Crippen LogP contribution is 2.04. The number of hydrogen-bond acceptors (Lipinski definition) is 4. The van der Waals surface area contributed by atoms with Crippen molar-refractivity contribution >= 4 is 5.91 Å². The molecule has 0 aliphatic carbocycles. The normalized spacial score (nSPS) is 10.0. The number of nitrogens with two attached hydrogens (primary N) is 2. The van der Waals surface area contributed by atoms with Gasteiger partial charge in [-0.1, -0.05) is 0 Å². The van der Waals surface area contributed by atoms with Gasteiger partial charge in [0.05, 0.1) is 11.3 Å². The third-order valence-electron chi connectivity index (χ3n) is 1.63. The molecule has 0 unspecified atom stereocenters. The summed E-state index contributed by atoms with van der Waals surface area (Å²) >= 11 is 0. The summed E-state index contributed by atoms with van der Waals surface area (Å²) in [7, 11) is 0. The summed E-state index contributed by atoms with van der Waals surface area (Å²) in [6, 6.07) is 0. The summed E-state index contributed by atoms with van der Waals surface area (Å²) in [6.45, 7) is 2.20. The number of amides is 1. The van der Waals surface area contributed by atoms with Crippen molar-refractivity contribution in [2.45, 2.75) is 13.3 Å². The lowest BCUT2D eigenvalue weighted by atomic mass is 10.1. The fourth-order valence-electron chi connectivity index (χ4n) is 1.05. The zero-order valence-corrected chi connectivity index (χ0v) is 7.45. The Kier molecular flexibility index (Phi) is 2.92. The molecule has 70 valence electrons. The molecule has 0 aliphatic heterocycles. The van der Waals surface area contributed by atoms with E-state index in [1.807, 2.05) is 0 Å². The predicted octanol–water partition coefficient (Wildman–Crippen LogP) is -0.615. The van der Waals surface area contributed by atoms with Crippen molar-refractivity contribution in [1.29, 1.82) is 0 Å². The van der Waals surface area contributed by atoms with Crippen molar-refractivity contribution in [2.24, 2.45) is 11.5 Å². The molecule has 5 heteroatoms. The quantitative estimate of drug-likeness (QED) is 0.648. The van der Waals surface area contributed by atoms with Crippen molar-refractivity contribution in [3.8, 4) is 0 Å². The van der Waals surface area contributed by atoms with Gasteiger partial charge in [-0.05, 0) is 13.5 Å². The van der Waals surface area contributed by atoms with Crippen LogP contribution in [0.3, 0.4) is 0 Å². The Labute approximate surface area is 76.2 Å². The zero-order chi connectivity index (χ0) is 9.84. The Morgan fingerprint density at radius 1 is 1.62 bits per heavy atom. The first-order valence-electron chi connectivity index (χ1n) is 3.97. The van der Waals surface area contributed by atoms with Crippen LogP contribution in [-0.4, -0.2) is 22.4 Å². The molecule has 0 aliphatic rings. The highest BCUT2D eigenvalue weighted by Gasteiger charge is 2.09. The van der Waals surface area contributed by atoms with E-state index in [9.17, 15) is 4.79 Å². The number of aromatic nitrogens is 2. The van der Waals surface area contributed by atoms with Gasteiger partial charge in [0.15, 0.2) is 0 Å². The number of hydrogen-bond donors (Lipinski definition) is 2. The van der Waals surface area contributed by atoms with E-state index >= 15 is 0 Å². The van der Waals surface area contributed by atoms with Gasteiger partial charge < -0.3 is 11.5 Å². The summed E-state index contributed by atoms with van der Waals surface area (Å²) < 4.78 is 0. The average molecular weight is 180 g/mol. The third kappa shape index (κ3) is 2.22. The molecule has 0 fully saturated rings. The second-order valence-corrected chi connectivity index (χ2v) is 2.68. The third-order valence-corrected chi connectivity index (χ3v) is 1.63. The largest absolute Gasteiger partial charge is 0.365 e. The molecule has 1 rings (SSSR count). The van der Waals surface area contributed by atoms with E-state index in [-0.39, 0.29) is 0 Å². The summed E-state index contributed by atoms with van der Waals surface area (Å²) in [5.41, 5.74) is 11.5. The first-order valence-corrected chi connectivity index (χ1v) is 3.97. The minimum atomic E-state index is -0.511. The average Bonchev–Trinajstić information content (AvgIpc) is 2.04. The molecule has 1 heterocycles. The van der Waals surface area contributed by atoms with Gasteiger partial charge in [-0.3, -0.25) is 4.79 Å². The number of carbonyl (C=O) groups is 1. The lowest BCUT2D eigenvalue weighted by Gasteiger charge is -2.03. The number of aryl methyl sites for hydroxylation is 1. The summed E-state index contributed by atoms with van der Waals surface area (Å²) in [5.74, 6) is 0.108. The number of rotatable bonds is 3. The maximum atomic E-state index is 10.9. The topological polar surface area (TPSA) is 94.9 Å². The Bertz CT molecular complexity index is 324. The fraction of sp³-hybridized carbons (Fsp3) is 0.375. The Morgan fingerprint density at radius 2 is 2.31 bits per heavy atom. The molecule has 0 radical (unpaired) electrons. The van der Waals surface area contributed by atoms with E-state index in [1.54, 1.807) is 6.92 Å². The van der Waals surface area contributed by atoms with Crippen LogP contribution in [0.4, 0.5) is 0 Å². The smallest absolute Gasteiger partial charge is 0.252 e. The fourth-order valence-corrected chi connectivity index (χ4v) is 1.05. The summed E-state index contributed by atoms with van der Waals surface area (Å²) in [6.07, 6.45) is 1.98. The Balaban J connectivity index is 3.10. The minimum absolute atomic E-state index is 0.357. The van der Waals surface area contributed by atoms with Crippen LogP contribution in [0.25, 0.3) is 0 Å². The predicted molar refractivity (Wildman–Crippen MR) is 48.0 cm³/mol. The molecule has 0 aromatic carbocycles. The van der Waals surface area contributed by atoms with Gasteiger partial charge in [-0.25, -0.2) is 9.97 Å². The highest BCUT2D eigenvalue weighted by molar-refractivity contribution is 5.93. The van der Waals surface area contributed by atoms with Gasteiger partial charge >= 0.3 is 0 Å². The van der Waals surface area contributed by atoms with E-state index in [0.717, 1.165) is 0 Å². The molecule has 0 spiro atoms. The van der Waals surface area contributed by atoms with Gasteiger partial charge in [0.1, 0.15) is 5.82 Å². The molecule has 1 aromatic rings. The van der Waals surface area contributed by atoms with Crippen LogP contribution in [0, 0.1) is 6.92 Å². The van der Waals surface area contributed by atoms with Gasteiger partial charge in [0.2, 0.25) is 0 Å². The monoisotopic (exact) mass is 180 g/mol. The van der Waals surface area contributed by atoms with Crippen LogP contribution in [0.15, 0.2) is 6.20 Å². The molecule has 4 N–H and O–H groups in total. The van der Waals surface area contributed by atoms with Crippen molar-refractivity contribution < 1.29 is 4.79 Å². The molecular formula is C8H12N4O. The number of carbonyl (C=O) groups excluding carboxylic acids is 1. The minimum Gasteiger partial charge on any atom is -0.365 e. The van der Waals surface area contributed by atoms with E-state index in [2.05, 4.69) is 9.97 Å². The van der Waals surface area contributed by atoms with Gasteiger partial charge in [0.25, 0.3) is 5.91 Å². The lowest BCUT2D eigenvalue weighted by Crippen LogP contribution is -2.18. The van der Waals surface area contributed by atoms with Gasteiger partial charge in [0, 0.05) is 12.6 Å². The van der Waals surface area contributed by atoms with Crippen molar-refractivity contribution in [3.63, 3.8) is 0 Å². The molecule has 0 saturated carbocycles. The van der Waals surface area contributed by atoms with Crippen LogP contribution < -0.4 is 11.5 Å². The van der Waals surface area contributed by atoms with Crippen LogP contribution in [0.5, 0.6) is 0 Å². The van der Waals surface area contributed by atoms with Crippen LogP contribution in [0.1, 0.15) is 21.9 Å². The lowest BCUT2D eigenvalue weighted by molar-refractivity contribution is 0.0998. The van der Waals surface area contributed by atoms with Crippen molar-refractivity contribution in [1.82, 2.24) is 9.97 Å². The zero-order valence-electron chi connectivity index (χ0n) is 7.45. The summed E-state index contributed by atoms with van der Waals surface area (Å²) in [5, 5.41) is 0. The maximum absolute atomic E-state index is 10.9. The molecule has 5 nitrogen and oxygen atoms in total. The first kappa shape index (κ1) is 9.60. The Hall–Kier alpha value is -1.49. The van der Waals surface area contributed by atoms with E-state index in [1.165, 1.54) is 6.20 Å². The second-order valence-electron chi connectivity index (χ2n) is 2.68. The molecular weight excluding hydrogens is 168 g/mol. The SMILES string of the molecule is Cc1ncc(C(N)=O)c(CCN)n1. The molecule has 13 heavy (non-hydrogen) atoms. The van der Waals surface area contributed by atoms with Crippen LogP contribution in [0.2, 0.25) is 0 Å². The summed E-state index contributed by atoms with van der Waals surface area (Å²) in [4.78, 5) is 18.9. The molecule has 0 bridgehead atoms. The van der Waals surface area contributed by atoms with Crippen LogP contribution >= 0.6 is 0 Å². The molecule has 1 amide bonds. The highest BCUT2D eigenvalue weighted by atomic mass is 16.1. The van der Waals surface area contributed by atoms with E-state index in [0.29, 0.717) is 30.0 Å². The molecule has 0 atom stereocenters. The first-order chi connectivity index (χ1) is 6.15. The maximum Gasteiger partial charge on any atom is 0.252 e. The van der Waals surface area contributed by atoms with Crippen molar-refractivity contribution in [2.75, 3.05) is 6.54 Å². The molecule has 1 aromatic heterocycles. The van der Waals surface area contributed by atoms with Gasteiger partial charge in [-0.2, -0.15) is 0 Å². The van der Waals surface area contributed by atoms with Crippen LogP contribution in [-0.2, 0) is 6.42 Å². The molecule has 0 saturated heterocycles. The van der Waals surface area contributed by atoms with E-state index < -0.39 is 5.91 Å².